The van der Waals surface area contributed by atoms with Crippen LogP contribution in [0.15, 0.2) is 6.20 Å². The fourth-order valence-electron chi connectivity index (χ4n) is 2.24. The first-order valence-corrected chi connectivity index (χ1v) is 6.26. The molecule has 1 saturated heterocycles. The summed E-state index contributed by atoms with van der Waals surface area (Å²) in [6.45, 7) is 2.39. The van der Waals surface area contributed by atoms with Gasteiger partial charge in [0.1, 0.15) is 5.82 Å². The number of aryl methyl sites for hydroxylation is 1. The molecule has 0 aliphatic carbocycles. The van der Waals surface area contributed by atoms with Crippen LogP contribution in [0.1, 0.15) is 30.3 Å². The monoisotopic (exact) mass is 225 g/mol. The van der Waals surface area contributed by atoms with Gasteiger partial charge in [-0.3, -0.25) is 0 Å². The molecular weight excluding hydrogens is 206 g/mol. The number of likely N-dealkylation sites (tertiary alicyclic amines) is 1. The summed E-state index contributed by atoms with van der Waals surface area (Å²) in [5.74, 6) is 2.58. The Labute approximate surface area is 96.7 Å². The Hall–Kier alpha value is -0.480. The van der Waals surface area contributed by atoms with E-state index in [0.717, 1.165) is 24.5 Å². The average molecular weight is 225 g/mol. The van der Waals surface area contributed by atoms with Gasteiger partial charge in [-0.1, -0.05) is 0 Å². The van der Waals surface area contributed by atoms with Crippen LogP contribution >= 0.6 is 12.6 Å². The molecule has 0 spiro atoms. The average Bonchev–Trinajstić information content (AvgIpc) is 2.67. The lowest BCUT2D eigenvalue weighted by molar-refractivity contribution is 0.248. The lowest BCUT2D eigenvalue weighted by Gasteiger charge is -2.28. The van der Waals surface area contributed by atoms with Crippen molar-refractivity contribution in [2.24, 2.45) is 0 Å². The summed E-state index contributed by atoms with van der Waals surface area (Å²) < 4.78 is 0. The molecule has 1 atom stereocenters. The molecule has 2 rings (SSSR count). The van der Waals surface area contributed by atoms with Crippen molar-refractivity contribution < 1.29 is 0 Å². The molecule has 15 heavy (non-hydrogen) atoms. The summed E-state index contributed by atoms with van der Waals surface area (Å²) in [5.41, 5.74) is 1.30. The van der Waals surface area contributed by atoms with E-state index in [1.165, 1.54) is 25.1 Å². The fraction of sp³-hybridized carbons (Fsp3) is 0.727. The van der Waals surface area contributed by atoms with Gasteiger partial charge < -0.3 is 9.88 Å². The second-order valence-electron chi connectivity index (χ2n) is 4.36. The summed E-state index contributed by atoms with van der Waals surface area (Å²) in [6.07, 6.45) is 5.52. The van der Waals surface area contributed by atoms with Crippen molar-refractivity contribution in [2.45, 2.75) is 25.2 Å². The quantitative estimate of drug-likeness (QED) is 0.767. The predicted molar refractivity (Wildman–Crippen MR) is 65.6 cm³/mol. The van der Waals surface area contributed by atoms with Crippen molar-refractivity contribution in [3.8, 4) is 0 Å². The normalized spacial score (nSPS) is 23.2. The van der Waals surface area contributed by atoms with Crippen LogP contribution in [0.5, 0.6) is 0 Å². The van der Waals surface area contributed by atoms with E-state index < -0.39 is 0 Å². The molecule has 1 aromatic heterocycles. The van der Waals surface area contributed by atoms with Gasteiger partial charge in [-0.15, -0.1) is 0 Å². The molecule has 84 valence electrons. The van der Waals surface area contributed by atoms with Gasteiger partial charge in [-0.05, 0) is 32.2 Å². The van der Waals surface area contributed by atoms with Crippen LogP contribution in [0.4, 0.5) is 0 Å². The van der Waals surface area contributed by atoms with Gasteiger partial charge in [0.25, 0.3) is 0 Å². The number of hydrogen-bond acceptors (Lipinski definition) is 3. The van der Waals surface area contributed by atoms with Crippen LogP contribution in [0, 0.1) is 0 Å². The standard InChI is InChI=1S/C11H19N3S/c1-14-5-2-3-9(8-14)10-7-12-11(13-10)4-6-15/h7,9,15H,2-6,8H2,1H3,(H,12,13). The lowest BCUT2D eigenvalue weighted by Crippen LogP contribution is -2.30. The van der Waals surface area contributed by atoms with E-state index >= 15 is 0 Å². The van der Waals surface area contributed by atoms with Crippen LogP contribution in [-0.4, -0.2) is 40.8 Å². The number of piperidine rings is 1. The van der Waals surface area contributed by atoms with Gasteiger partial charge in [0.15, 0.2) is 0 Å². The van der Waals surface area contributed by atoms with Crippen LogP contribution < -0.4 is 0 Å². The fourth-order valence-corrected chi connectivity index (χ4v) is 2.45. The van der Waals surface area contributed by atoms with Crippen LogP contribution in [0.2, 0.25) is 0 Å². The second kappa shape index (κ2) is 5.03. The third-order valence-corrected chi connectivity index (χ3v) is 3.28. The molecule has 1 unspecified atom stereocenters. The minimum absolute atomic E-state index is 0.643. The van der Waals surface area contributed by atoms with Crippen LogP contribution in [0.3, 0.4) is 0 Å². The molecule has 0 amide bonds. The second-order valence-corrected chi connectivity index (χ2v) is 4.81. The highest BCUT2D eigenvalue weighted by atomic mass is 32.1. The van der Waals surface area contributed by atoms with Gasteiger partial charge in [-0.25, -0.2) is 4.98 Å². The van der Waals surface area contributed by atoms with E-state index in [2.05, 4.69) is 34.5 Å². The number of hydrogen-bond donors (Lipinski definition) is 2. The minimum atomic E-state index is 0.643. The largest absolute Gasteiger partial charge is 0.346 e. The number of aromatic amines is 1. The van der Waals surface area contributed by atoms with Crippen molar-refractivity contribution in [3.05, 3.63) is 17.7 Å². The van der Waals surface area contributed by atoms with Crippen molar-refractivity contribution in [3.63, 3.8) is 0 Å². The minimum Gasteiger partial charge on any atom is -0.346 e. The zero-order valence-corrected chi connectivity index (χ0v) is 10.1. The summed E-state index contributed by atoms with van der Waals surface area (Å²) in [4.78, 5) is 10.2. The summed E-state index contributed by atoms with van der Waals surface area (Å²) >= 11 is 4.21. The first-order valence-electron chi connectivity index (χ1n) is 5.63. The molecule has 1 aliphatic rings. The Bertz CT molecular complexity index is 311. The zero-order chi connectivity index (χ0) is 10.7. The Morgan fingerprint density at radius 1 is 1.67 bits per heavy atom. The number of H-pyrrole nitrogens is 1. The van der Waals surface area contributed by atoms with Gasteiger partial charge >= 0.3 is 0 Å². The number of aromatic nitrogens is 2. The SMILES string of the molecule is CN1CCCC(c2cnc(CCS)[nH]2)C1. The molecule has 1 aliphatic heterocycles. The maximum atomic E-state index is 4.38. The van der Waals surface area contributed by atoms with E-state index in [-0.39, 0.29) is 0 Å². The van der Waals surface area contributed by atoms with Gasteiger partial charge in [0.05, 0.1) is 0 Å². The molecule has 1 N–H and O–H groups in total. The Kier molecular flexibility index (Phi) is 3.70. The highest BCUT2D eigenvalue weighted by Crippen LogP contribution is 2.24. The first-order chi connectivity index (χ1) is 7.29. The number of thiol groups is 1. The van der Waals surface area contributed by atoms with Gasteiger partial charge in [-0.2, -0.15) is 12.6 Å². The van der Waals surface area contributed by atoms with Crippen molar-refractivity contribution in [2.75, 3.05) is 25.9 Å². The summed E-state index contributed by atoms with van der Waals surface area (Å²) in [5, 5.41) is 0. The Morgan fingerprint density at radius 2 is 2.53 bits per heavy atom. The lowest BCUT2D eigenvalue weighted by atomic mass is 9.96. The summed E-state index contributed by atoms with van der Waals surface area (Å²) in [7, 11) is 2.19. The highest BCUT2D eigenvalue weighted by molar-refractivity contribution is 7.80. The molecular formula is C11H19N3S. The molecule has 0 saturated carbocycles. The number of imidazole rings is 1. The third kappa shape index (κ3) is 2.75. The highest BCUT2D eigenvalue weighted by Gasteiger charge is 2.20. The maximum Gasteiger partial charge on any atom is 0.107 e. The molecule has 0 bridgehead atoms. The Balaban J connectivity index is 2.01. The number of rotatable bonds is 3. The summed E-state index contributed by atoms with van der Waals surface area (Å²) in [6, 6.07) is 0. The first kappa shape index (κ1) is 11.0. The van der Waals surface area contributed by atoms with Crippen LogP contribution in [0.25, 0.3) is 0 Å². The molecule has 3 nitrogen and oxygen atoms in total. The van der Waals surface area contributed by atoms with E-state index in [9.17, 15) is 0 Å². The van der Waals surface area contributed by atoms with Crippen molar-refractivity contribution in [1.29, 1.82) is 0 Å². The Morgan fingerprint density at radius 3 is 3.27 bits per heavy atom. The van der Waals surface area contributed by atoms with Crippen molar-refractivity contribution in [1.82, 2.24) is 14.9 Å². The number of nitrogens with one attached hydrogen (secondary N) is 1. The van der Waals surface area contributed by atoms with Gasteiger partial charge in [0, 0.05) is 30.8 Å². The van der Waals surface area contributed by atoms with E-state index in [0.29, 0.717) is 5.92 Å². The molecule has 2 heterocycles. The van der Waals surface area contributed by atoms with E-state index in [1.807, 2.05) is 6.20 Å². The molecule has 0 aromatic carbocycles. The number of likely N-dealkylation sites (N-methyl/N-ethyl adjacent to an activating group) is 1. The third-order valence-electron chi connectivity index (χ3n) is 3.06. The topological polar surface area (TPSA) is 31.9 Å². The molecule has 4 heteroatoms. The van der Waals surface area contributed by atoms with Crippen molar-refractivity contribution >= 4 is 12.6 Å². The molecule has 1 fully saturated rings. The number of nitrogens with zero attached hydrogens (tertiary/aromatic N) is 2. The maximum absolute atomic E-state index is 4.38. The van der Waals surface area contributed by atoms with E-state index in [1.54, 1.807) is 0 Å². The molecule has 0 radical (unpaired) electrons. The zero-order valence-electron chi connectivity index (χ0n) is 9.24. The smallest absolute Gasteiger partial charge is 0.107 e. The van der Waals surface area contributed by atoms with Crippen LogP contribution in [-0.2, 0) is 6.42 Å². The molecule has 1 aromatic rings. The van der Waals surface area contributed by atoms with Gasteiger partial charge in [0.2, 0.25) is 0 Å². The van der Waals surface area contributed by atoms with E-state index in [4.69, 9.17) is 0 Å². The predicted octanol–water partition coefficient (Wildman–Crippen LogP) is 1.69.